The van der Waals surface area contributed by atoms with Crippen LogP contribution < -0.4 is 4.74 Å². The number of hydrogen-bond acceptors (Lipinski definition) is 1. The minimum absolute atomic E-state index is 0.276. The van der Waals surface area contributed by atoms with Crippen LogP contribution in [-0.2, 0) is 5.11 Å². The topological polar surface area (TPSA) is 29.1 Å². The third-order valence-electron chi connectivity index (χ3n) is 1.52. The average molecular weight is 217 g/mol. The second-order valence-electron chi connectivity index (χ2n) is 2.69. The predicted molar refractivity (Wildman–Crippen MR) is 47.7 cm³/mol. The molecule has 0 amide bonds. The van der Waals surface area contributed by atoms with Gasteiger partial charge in [0.25, 0.3) is 0 Å². The minimum atomic E-state index is -4.67. The molecule has 0 bridgehead atoms. The maximum Gasteiger partial charge on any atom is 0.573 e. The summed E-state index contributed by atoms with van der Waals surface area (Å²) in [6.45, 7) is -0.360. The van der Waals surface area contributed by atoms with Crippen molar-refractivity contribution in [2.75, 3.05) is 6.61 Å². The van der Waals surface area contributed by atoms with Gasteiger partial charge in [-0.05, 0) is 17.7 Å². The van der Waals surface area contributed by atoms with Crippen LogP contribution >= 0.6 is 0 Å². The molecule has 0 atom stereocenters. The van der Waals surface area contributed by atoms with Gasteiger partial charge in [0.05, 0.1) is 0 Å². The summed E-state index contributed by atoms with van der Waals surface area (Å²) in [6, 6.07) is 5.26. The summed E-state index contributed by atoms with van der Waals surface area (Å²) in [5, 5.41) is 10.1. The number of benzene rings is 1. The molecule has 15 heavy (non-hydrogen) atoms. The highest BCUT2D eigenvalue weighted by Gasteiger charge is 2.30. The first kappa shape index (κ1) is 11.6. The molecule has 5 heteroatoms. The second-order valence-corrected chi connectivity index (χ2v) is 2.69. The fourth-order valence-corrected chi connectivity index (χ4v) is 0.965. The summed E-state index contributed by atoms with van der Waals surface area (Å²) in [7, 11) is 0. The molecule has 0 heterocycles. The van der Waals surface area contributed by atoms with Gasteiger partial charge in [-0.3, -0.25) is 0 Å². The monoisotopic (exact) mass is 217 g/mol. The van der Waals surface area contributed by atoms with E-state index in [0.29, 0.717) is 5.56 Å². The van der Waals surface area contributed by atoms with E-state index in [-0.39, 0.29) is 12.4 Å². The number of ether oxygens (including phenoxy) is 1. The van der Waals surface area contributed by atoms with Crippen molar-refractivity contribution in [3.8, 4) is 5.75 Å². The summed E-state index contributed by atoms with van der Waals surface area (Å²) in [6.07, 6.45) is -1.77. The lowest BCUT2D eigenvalue weighted by atomic mass is 10.2. The first-order valence-electron chi connectivity index (χ1n) is 4.12. The SMILES string of the molecule is [O]C/C=C/c1ccc(OC(F)(F)F)cc1. The Labute approximate surface area is 84.6 Å². The quantitative estimate of drug-likeness (QED) is 0.765. The molecule has 0 N–H and O–H groups in total. The molecule has 0 saturated heterocycles. The van der Waals surface area contributed by atoms with Crippen molar-refractivity contribution in [2.24, 2.45) is 0 Å². The van der Waals surface area contributed by atoms with Crippen LogP contribution in [0.1, 0.15) is 5.56 Å². The van der Waals surface area contributed by atoms with Gasteiger partial charge in [0.1, 0.15) is 12.4 Å². The lowest BCUT2D eigenvalue weighted by Gasteiger charge is -2.08. The van der Waals surface area contributed by atoms with Crippen LogP contribution in [0.2, 0.25) is 0 Å². The molecule has 1 radical (unpaired) electrons. The minimum Gasteiger partial charge on any atom is -0.406 e. The van der Waals surface area contributed by atoms with Crippen LogP contribution in [0.4, 0.5) is 13.2 Å². The zero-order valence-electron chi connectivity index (χ0n) is 7.62. The van der Waals surface area contributed by atoms with Gasteiger partial charge in [-0.15, -0.1) is 13.2 Å². The Morgan fingerprint density at radius 1 is 1.20 bits per heavy atom. The van der Waals surface area contributed by atoms with Crippen molar-refractivity contribution < 1.29 is 23.0 Å². The molecular weight excluding hydrogens is 209 g/mol. The summed E-state index contributed by atoms with van der Waals surface area (Å²) in [5.41, 5.74) is 0.653. The van der Waals surface area contributed by atoms with Crippen LogP contribution in [0, 0.1) is 0 Å². The van der Waals surface area contributed by atoms with Crippen LogP contribution in [0.5, 0.6) is 5.75 Å². The molecule has 0 aliphatic heterocycles. The van der Waals surface area contributed by atoms with Gasteiger partial charge in [0.15, 0.2) is 0 Å². The van der Waals surface area contributed by atoms with Crippen molar-refractivity contribution in [3.05, 3.63) is 35.9 Å². The van der Waals surface area contributed by atoms with Gasteiger partial charge in [-0.25, -0.2) is 5.11 Å². The molecule has 1 rings (SSSR count). The van der Waals surface area contributed by atoms with Crippen molar-refractivity contribution in [2.45, 2.75) is 6.36 Å². The Balaban J connectivity index is 2.68. The highest BCUT2D eigenvalue weighted by Crippen LogP contribution is 2.22. The predicted octanol–water partition coefficient (Wildman–Crippen LogP) is 3.03. The summed E-state index contributed by atoms with van der Waals surface area (Å²) in [4.78, 5) is 0. The number of halogens is 3. The molecule has 2 nitrogen and oxygen atoms in total. The van der Waals surface area contributed by atoms with E-state index in [2.05, 4.69) is 4.74 Å². The number of hydrogen-bond donors (Lipinski definition) is 0. The van der Waals surface area contributed by atoms with Crippen molar-refractivity contribution in [1.29, 1.82) is 0 Å². The molecule has 0 aliphatic carbocycles. The second kappa shape index (κ2) is 4.84. The van der Waals surface area contributed by atoms with Crippen LogP contribution in [0.25, 0.3) is 6.08 Å². The van der Waals surface area contributed by atoms with Crippen molar-refractivity contribution in [1.82, 2.24) is 0 Å². The van der Waals surface area contributed by atoms with Gasteiger partial charge in [0, 0.05) is 0 Å². The highest BCUT2D eigenvalue weighted by molar-refractivity contribution is 5.50. The first-order valence-corrected chi connectivity index (χ1v) is 4.12. The normalized spacial score (nSPS) is 12.0. The highest BCUT2D eigenvalue weighted by atomic mass is 19.4. The standard InChI is InChI=1S/C10H8F3O2/c11-10(12,13)15-9-5-3-8(4-6-9)2-1-7-14/h1-6H,7H2/b2-1+. The lowest BCUT2D eigenvalue weighted by molar-refractivity contribution is -0.274. The van der Waals surface area contributed by atoms with Crippen LogP contribution in [0.3, 0.4) is 0 Å². The number of alkyl halides is 3. The largest absolute Gasteiger partial charge is 0.573 e. The van der Waals surface area contributed by atoms with Gasteiger partial charge in [-0.2, -0.15) is 0 Å². The fraction of sp³-hybridized carbons (Fsp3) is 0.200. The Bertz CT molecular complexity index is 328. The maximum absolute atomic E-state index is 11.8. The molecule has 1 aromatic rings. The molecular formula is C10H8F3O2. The van der Waals surface area contributed by atoms with E-state index in [4.69, 9.17) is 0 Å². The molecule has 0 spiro atoms. The van der Waals surface area contributed by atoms with E-state index in [1.807, 2.05) is 0 Å². The Morgan fingerprint density at radius 2 is 1.80 bits per heavy atom. The van der Waals surface area contributed by atoms with Gasteiger partial charge >= 0.3 is 6.36 Å². The molecule has 0 aromatic heterocycles. The van der Waals surface area contributed by atoms with Crippen LogP contribution in [0.15, 0.2) is 30.3 Å². The summed E-state index contributed by atoms with van der Waals surface area (Å²) in [5.74, 6) is -0.276. The molecule has 1 aromatic carbocycles. The van der Waals surface area contributed by atoms with E-state index in [9.17, 15) is 18.3 Å². The zero-order valence-corrected chi connectivity index (χ0v) is 7.62. The zero-order chi connectivity index (χ0) is 11.3. The smallest absolute Gasteiger partial charge is 0.406 e. The average Bonchev–Trinajstić information content (AvgIpc) is 2.14. The third-order valence-corrected chi connectivity index (χ3v) is 1.52. The maximum atomic E-state index is 11.8. The Morgan fingerprint density at radius 3 is 2.27 bits per heavy atom. The molecule has 81 valence electrons. The Kier molecular flexibility index (Phi) is 3.74. The fourth-order valence-electron chi connectivity index (χ4n) is 0.965. The van der Waals surface area contributed by atoms with E-state index >= 15 is 0 Å². The van der Waals surface area contributed by atoms with Crippen LogP contribution in [-0.4, -0.2) is 13.0 Å². The van der Waals surface area contributed by atoms with Crippen molar-refractivity contribution in [3.63, 3.8) is 0 Å². The van der Waals surface area contributed by atoms with Crippen molar-refractivity contribution >= 4 is 6.08 Å². The third kappa shape index (κ3) is 4.51. The summed E-state index contributed by atoms with van der Waals surface area (Å²) >= 11 is 0. The Hall–Kier alpha value is -1.49. The van der Waals surface area contributed by atoms with Gasteiger partial charge < -0.3 is 4.74 Å². The molecule has 0 unspecified atom stereocenters. The van der Waals surface area contributed by atoms with E-state index in [0.717, 1.165) is 0 Å². The van der Waals surface area contributed by atoms with Gasteiger partial charge in [0.2, 0.25) is 0 Å². The van der Waals surface area contributed by atoms with E-state index in [1.54, 1.807) is 0 Å². The van der Waals surface area contributed by atoms with E-state index in [1.165, 1.54) is 36.4 Å². The van der Waals surface area contributed by atoms with Gasteiger partial charge in [-0.1, -0.05) is 24.3 Å². The molecule has 0 saturated carbocycles. The first-order chi connectivity index (χ1) is 7.01. The molecule has 0 aliphatic rings. The molecule has 0 fully saturated rings. The van der Waals surface area contributed by atoms with E-state index < -0.39 is 6.36 Å². The summed E-state index contributed by atoms with van der Waals surface area (Å²) < 4.78 is 39.0. The lowest BCUT2D eigenvalue weighted by Crippen LogP contribution is -2.16. The number of rotatable bonds is 3.